The predicted octanol–water partition coefficient (Wildman–Crippen LogP) is 3.73. The molecule has 0 bridgehead atoms. The van der Waals surface area contributed by atoms with Crippen LogP contribution in [0.25, 0.3) is 10.9 Å². The van der Waals surface area contributed by atoms with Crippen molar-refractivity contribution in [2.45, 2.75) is 31.6 Å². The monoisotopic (exact) mass is 259 g/mol. The highest BCUT2D eigenvalue weighted by Gasteiger charge is 2.22. The molecule has 1 fully saturated rings. The first-order chi connectivity index (χ1) is 9.16. The molecule has 0 radical (unpaired) electrons. The molecule has 0 atom stereocenters. The largest absolute Gasteiger partial charge is 0.478 e. The van der Waals surface area contributed by atoms with Crippen LogP contribution in [0.3, 0.4) is 0 Å². The van der Waals surface area contributed by atoms with Gasteiger partial charge in [0, 0.05) is 17.0 Å². The third-order valence-electron chi connectivity index (χ3n) is 3.81. The van der Waals surface area contributed by atoms with E-state index in [0.29, 0.717) is 11.1 Å². The van der Waals surface area contributed by atoms with E-state index < -0.39 is 11.8 Å². The molecule has 4 heteroatoms. The van der Waals surface area contributed by atoms with Gasteiger partial charge in [0.05, 0.1) is 5.56 Å². The summed E-state index contributed by atoms with van der Waals surface area (Å²) in [5.41, 5.74) is 1.03. The van der Waals surface area contributed by atoms with Crippen molar-refractivity contribution < 1.29 is 14.3 Å². The molecule has 3 nitrogen and oxygen atoms in total. The normalized spacial score (nSPS) is 16.1. The summed E-state index contributed by atoms with van der Waals surface area (Å²) in [7, 11) is 0. The number of carboxylic acid groups (broad SMARTS) is 1. The van der Waals surface area contributed by atoms with Gasteiger partial charge in [-0.15, -0.1) is 0 Å². The number of para-hydroxylation sites is 1. The summed E-state index contributed by atoms with van der Waals surface area (Å²) in [6.45, 7) is 0. The lowest BCUT2D eigenvalue weighted by Crippen LogP contribution is -2.05. The van der Waals surface area contributed by atoms with Crippen molar-refractivity contribution in [2.75, 3.05) is 0 Å². The van der Waals surface area contributed by atoms with Crippen LogP contribution < -0.4 is 0 Å². The Labute approximate surface area is 110 Å². The topological polar surface area (TPSA) is 50.2 Å². The lowest BCUT2D eigenvalue weighted by molar-refractivity contribution is 0.0699. The van der Waals surface area contributed by atoms with Crippen LogP contribution in [0.4, 0.5) is 4.39 Å². The van der Waals surface area contributed by atoms with E-state index >= 15 is 0 Å². The number of aromatic carboxylic acids is 1. The fourth-order valence-electron chi connectivity index (χ4n) is 2.84. The van der Waals surface area contributed by atoms with Crippen LogP contribution in [-0.2, 0) is 0 Å². The Kier molecular flexibility index (Phi) is 2.93. The van der Waals surface area contributed by atoms with Crippen molar-refractivity contribution in [1.82, 2.24) is 4.98 Å². The molecule has 3 rings (SSSR count). The maximum Gasteiger partial charge on any atom is 0.336 e. The maximum absolute atomic E-state index is 13.8. The summed E-state index contributed by atoms with van der Waals surface area (Å²) in [4.78, 5) is 15.7. The SMILES string of the molecule is O=C(O)c1cc(C2CCCC2)nc2c(F)cccc12. The van der Waals surface area contributed by atoms with Crippen LogP contribution in [0.15, 0.2) is 24.3 Å². The fourth-order valence-corrected chi connectivity index (χ4v) is 2.84. The van der Waals surface area contributed by atoms with Crippen LogP contribution in [0.2, 0.25) is 0 Å². The van der Waals surface area contributed by atoms with Gasteiger partial charge in [0.1, 0.15) is 11.3 Å². The third-order valence-corrected chi connectivity index (χ3v) is 3.81. The number of pyridine rings is 1. The molecule has 1 aromatic heterocycles. The molecule has 1 N–H and O–H groups in total. The van der Waals surface area contributed by atoms with Gasteiger partial charge in [-0.25, -0.2) is 14.2 Å². The molecular formula is C15H14FNO2. The second-order valence-corrected chi connectivity index (χ2v) is 5.02. The zero-order chi connectivity index (χ0) is 13.4. The molecular weight excluding hydrogens is 245 g/mol. The van der Waals surface area contributed by atoms with Crippen LogP contribution in [-0.4, -0.2) is 16.1 Å². The number of halogens is 1. The van der Waals surface area contributed by atoms with Crippen molar-refractivity contribution in [3.63, 3.8) is 0 Å². The number of nitrogens with zero attached hydrogens (tertiary/aromatic N) is 1. The molecule has 2 aromatic rings. The van der Waals surface area contributed by atoms with Gasteiger partial charge >= 0.3 is 5.97 Å². The Hall–Kier alpha value is -1.97. The van der Waals surface area contributed by atoms with Crippen molar-refractivity contribution in [3.05, 3.63) is 41.3 Å². The number of rotatable bonds is 2. The summed E-state index contributed by atoms with van der Waals surface area (Å²) in [6, 6.07) is 6.05. The number of carbonyl (C=O) groups is 1. The summed E-state index contributed by atoms with van der Waals surface area (Å²) < 4.78 is 13.8. The molecule has 0 saturated heterocycles. The van der Waals surface area contributed by atoms with Crippen LogP contribution in [0.5, 0.6) is 0 Å². The van der Waals surface area contributed by atoms with Crippen molar-refractivity contribution in [1.29, 1.82) is 0 Å². The first-order valence-electron chi connectivity index (χ1n) is 6.49. The zero-order valence-electron chi connectivity index (χ0n) is 10.4. The second-order valence-electron chi connectivity index (χ2n) is 5.02. The Morgan fingerprint density at radius 3 is 2.74 bits per heavy atom. The molecule has 0 spiro atoms. The molecule has 1 aliphatic rings. The summed E-state index contributed by atoms with van der Waals surface area (Å²) in [5, 5.41) is 9.66. The molecule has 1 aliphatic carbocycles. The van der Waals surface area contributed by atoms with Gasteiger partial charge in [-0.05, 0) is 25.0 Å². The highest BCUT2D eigenvalue weighted by Crippen LogP contribution is 2.35. The van der Waals surface area contributed by atoms with E-state index in [1.165, 1.54) is 12.1 Å². The maximum atomic E-state index is 13.8. The van der Waals surface area contributed by atoms with E-state index in [4.69, 9.17) is 0 Å². The van der Waals surface area contributed by atoms with Gasteiger partial charge in [-0.3, -0.25) is 0 Å². The molecule has 19 heavy (non-hydrogen) atoms. The van der Waals surface area contributed by atoms with Gasteiger partial charge in [-0.2, -0.15) is 0 Å². The van der Waals surface area contributed by atoms with E-state index in [-0.39, 0.29) is 17.0 Å². The van der Waals surface area contributed by atoms with E-state index in [9.17, 15) is 14.3 Å². The number of fused-ring (bicyclic) bond motifs is 1. The number of aromatic nitrogens is 1. The van der Waals surface area contributed by atoms with Gasteiger partial charge in [-0.1, -0.05) is 25.0 Å². The Morgan fingerprint density at radius 2 is 2.05 bits per heavy atom. The lowest BCUT2D eigenvalue weighted by Gasteiger charge is -2.12. The molecule has 0 amide bonds. The average Bonchev–Trinajstić information content (AvgIpc) is 2.92. The highest BCUT2D eigenvalue weighted by atomic mass is 19.1. The fraction of sp³-hybridized carbons (Fsp3) is 0.333. The lowest BCUT2D eigenvalue weighted by atomic mass is 9.99. The highest BCUT2D eigenvalue weighted by molar-refractivity contribution is 6.02. The van der Waals surface area contributed by atoms with E-state index in [1.807, 2.05) is 0 Å². The van der Waals surface area contributed by atoms with E-state index in [0.717, 1.165) is 25.7 Å². The van der Waals surface area contributed by atoms with Crippen LogP contribution >= 0.6 is 0 Å². The molecule has 98 valence electrons. The quantitative estimate of drug-likeness (QED) is 0.894. The standard InChI is InChI=1S/C15H14FNO2/c16-12-7-3-6-10-11(15(18)19)8-13(17-14(10)12)9-4-1-2-5-9/h3,6-9H,1-2,4-5H2,(H,18,19). The number of hydrogen-bond donors (Lipinski definition) is 1. The minimum absolute atomic E-state index is 0.145. The second kappa shape index (κ2) is 4.61. The number of hydrogen-bond acceptors (Lipinski definition) is 2. The van der Waals surface area contributed by atoms with Crippen molar-refractivity contribution in [3.8, 4) is 0 Å². The van der Waals surface area contributed by atoms with Gasteiger partial charge in [0.15, 0.2) is 0 Å². The first kappa shape index (κ1) is 12.1. The summed E-state index contributed by atoms with van der Waals surface area (Å²) in [6.07, 6.45) is 4.27. The smallest absolute Gasteiger partial charge is 0.336 e. The Balaban J connectivity index is 2.25. The minimum atomic E-state index is -1.03. The molecule has 1 aromatic carbocycles. The number of carboxylic acids is 1. The van der Waals surface area contributed by atoms with E-state index in [2.05, 4.69) is 4.98 Å². The van der Waals surface area contributed by atoms with Gasteiger partial charge < -0.3 is 5.11 Å². The molecule has 1 heterocycles. The number of benzene rings is 1. The van der Waals surface area contributed by atoms with Gasteiger partial charge in [0.2, 0.25) is 0 Å². The minimum Gasteiger partial charge on any atom is -0.478 e. The van der Waals surface area contributed by atoms with Crippen molar-refractivity contribution >= 4 is 16.9 Å². The average molecular weight is 259 g/mol. The zero-order valence-corrected chi connectivity index (χ0v) is 10.4. The predicted molar refractivity (Wildman–Crippen MR) is 69.9 cm³/mol. The van der Waals surface area contributed by atoms with Crippen LogP contribution in [0, 0.1) is 5.82 Å². The first-order valence-corrected chi connectivity index (χ1v) is 6.49. The molecule has 0 aliphatic heterocycles. The summed E-state index contributed by atoms with van der Waals surface area (Å²) in [5.74, 6) is -1.22. The van der Waals surface area contributed by atoms with E-state index in [1.54, 1.807) is 12.1 Å². The Morgan fingerprint density at radius 1 is 1.32 bits per heavy atom. The summed E-state index contributed by atoms with van der Waals surface area (Å²) >= 11 is 0. The van der Waals surface area contributed by atoms with Gasteiger partial charge in [0.25, 0.3) is 0 Å². The van der Waals surface area contributed by atoms with Crippen molar-refractivity contribution in [2.24, 2.45) is 0 Å². The third kappa shape index (κ3) is 2.07. The van der Waals surface area contributed by atoms with Crippen LogP contribution in [0.1, 0.15) is 47.7 Å². The molecule has 1 saturated carbocycles. The molecule has 0 unspecified atom stereocenters. The Bertz CT molecular complexity index is 648.